The number of likely N-dealkylation sites (N-methyl/N-ethyl adjacent to an activating group) is 1. The molecule has 1 atom stereocenters. The zero-order valence-electron chi connectivity index (χ0n) is 15.3. The van der Waals surface area contributed by atoms with Gasteiger partial charge in [0.25, 0.3) is 12.4 Å². The number of carbonyl (C=O) groups excluding carboxylic acids is 1. The maximum atomic E-state index is 13.0. The Morgan fingerprint density at radius 1 is 1.43 bits per heavy atom. The number of rotatable bonds is 4. The number of carbonyl (C=O) groups is 2. The first-order valence-electron chi connectivity index (χ1n) is 8.95. The van der Waals surface area contributed by atoms with Gasteiger partial charge in [-0.15, -0.1) is 0 Å². The smallest absolute Gasteiger partial charge is 0.387 e. The third-order valence-electron chi connectivity index (χ3n) is 5.40. The van der Waals surface area contributed by atoms with E-state index in [1.165, 1.54) is 12.1 Å². The van der Waals surface area contributed by atoms with E-state index in [9.17, 15) is 13.6 Å². The number of aromatic nitrogens is 2. The summed E-state index contributed by atoms with van der Waals surface area (Å²) in [6.45, 7) is -0.0706. The molecule has 2 aromatic rings. The Hall–Kier alpha value is -2.75. The molecule has 3 fully saturated rings. The summed E-state index contributed by atoms with van der Waals surface area (Å²) in [6.07, 6.45) is 2.21. The molecule has 2 bridgehead atoms. The number of ether oxygens (including phenoxy) is 1. The highest BCUT2D eigenvalue weighted by Crippen LogP contribution is 2.32. The lowest BCUT2D eigenvalue weighted by molar-refractivity contribution is -0.122. The molecule has 3 aliphatic heterocycles. The number of piperidine rings is 3. The van der Waals surface area contributed by atoms with Gasteiger partial charge in [0, 0.05) is 25.0 Å². The number of hydrogen-bond acceptors (Lipinski definition) is 5. The van der Waals surface area contributed by atoms with Crippen molar-refractivity contribution in [3.8, 4) is 5.75 Å². The van der Waals surface area contributed by atoms with Gasteiger partial charge in [-0.05, 0) is 50.0 Å². The number of aromatic amines is 1. The Kier molecular flexibility index (Phi) is 6.08. The minimum Gasteiger partial charge on any atom is -0.483 e. The summed E-state index contributed by atoms with van der Waals surface area (Å²) in [6, 6.07) is 4.62. The van der Waals surface area contributed by atoms with Gasteiger partial charge in [0.2, 0.25) is 0 Å². The fraction of sp³-hybridized carbons (Fsp3) is 0.500. The van der Waals surface area contributed by atoms with Crippen molar-refractivity contribution in [2.75, 3.05) is 26.7 Å². The summed E-state index contributed by atoms with van der Waals surface area (Å²) >= 11 is 0. The summed E-state index contributed by atoms with van der Waals surface area (Å²) in [5.41, 5.74) is 0.862. The monoisotopic (exact) mass is 396 g/mol. The van der Waals surface area contributed by atoms with E-state index in [2.05, 4.69) is 19.8 Å². The second kappa shape index (κ2) is 8.51. The van der Waals surface area contributed by atoms with Crippen LogP contribution in [0.4, 0.5) is 8.78 Å². The first-order valence-corrected chi connectivity index (χ1v) is 8.95. The lowest BCUT2D eigenvalue weighted by Crippen LogP contribution is -2.57. The van der Waals surface area contributed by atoms with Gasteiger partial charge >= 0.3 is 6.61 Å². The van der Waals surface area contributed by atoms with Crippen LogP contribution in [-0.4, -0.2) is 76.8 Å². The van der Waals surface area contributed by atoms with Gasteiger partial charge in [0.15, 0.2) is 5.69 Å². The minimum atomic E-state index is -2.90. The molecule has 5 rings (SSSR count). The van der Waals surface area contributed by atoms with E-state index in [-0.39, 0.29) is 29.9 Å². The lowest BCUT2D eigenvalue weighted by Gasteiger charge is -2.47. The van der Waals surface area contributed by atoms with Crippen molar-refractivity contribution in [1.29, 1.82) is 0 Å². The number of fused-ring (bicyclic) bond motifs is 4. The normalized spacial score (nSPS) is 23.2. The second-order valence-corrected chi connectivity index (χ2v) is 6.88. The standard InChI is InChI=1S/C17H20F2N4O2.CH2O2/c1-22(14-9-23-6-4-10(14)5-7-23)16(24)15-12-8-11(25-17(18)19)2-3-13(12)20-21-15;2-1-3/h2-3,8,10,14,17H,4-7,9H2,1H3,(H,20,21);1H,(H,2,3)/t14-;/m0./s1. The van der Waals surface area contributed by atoms with Gasteiger partial charge in [-0.1, -0.05) is 0 Å². The average molecular weight is 396 g/mol. The summed E-state index contributed by atoms with van der Waals surface area (Å²) < 4.78 is 29.3. The number of H-pyrrole nitrogens is 1. The predicted octanol–water partition coefficient (Wildman–Crippen LogP) is 2.03. The van der Waals surface area contributed by atoms with Crippen molar-refractivity contribution in [2.45, 2.75) is 25.5 Å². The number of benzene rings is 1. The summed E-state index contributed by atoms with van der Waals surface area (Å²) in [7, 11) is 1.80. The maximum Gasteiger partial charge on any atom is 0.387 e. The van der Waals surface area contributed by atoms with Crippen LogP contribution in [0, 0.1) is 5.92 Å². The first-order chi connectivity index (χ1) is 13.4. The van der Waals surface area contributed by atoms with Gasteiger partial charge in [-0.2, -0.15) is 13.9 Å². The van der Waals surface area contributed by atoms with Crippen molar-refractivity contribution in [3.05, 3.63) is 23.9 Å². The molecule has 1 aromatic heterocycles. The van der Waals surface area contributed by atoms with Crippen LogP contribution < -0.4 is 4.74 Å². The van der Waals surface area contributed by atoms with E-state index in [1.54, 1.807) is 18.0 Å². The van der Waals surface area contributed by atoms with Gasteiger partial charge < -0.3 is 19.6 Å². The van der Waals surface area contributed by atoms with E-state index in [4.69, 9.17) is 9.90 Å². The fourth-order valence-electron chi connectivity index (χ4n) is 4.02. The number of alkyl halides is 2. The number of nitrogens with one attached hydrogen (secondary N) is 1. The third kappa shape index (κ3) is 4.06. The van der Waals surface area contributed by atoms with Gasteiger partial charge in [-0.3, -0.25) is 14.7 Å². The van der Waals surface area contributed by atoms with Crippen LogP contribution in [-0.2, 0) is 4.79 Å². The Morgan fingerprint density at radius 3 is 2.68 bits per heavy atom. The molecular weight excluding hydrogens is 374 g/mol. The van der Waals surface area contributed by atoms with Crippen LogP contribution >= 0.6 is 0 Å². The number of halogens is 2. The zero-order valence-corrected chi connectivity index (χ0v) is 15.3. The molecule has 4 heterocycles. The Bertz CT molecular complexity index is 836. The Morgan fingerprint density at radius 2 is 2.11 bits per heavy atom. The molecule has 10 heteroatoms. The largest absolute Gasteiger partial charge is 0.483 e. The van der Waals surface area contributed by atoms with Crippen molar-refractivity contribution in [1.82, 2.24) is 20.0 Å². The van der Waals surface area contributed by atoms with E-state index in [0.29, 0.717) is 16.8 Å². The molecule has 1 aromatic carbocycles. The highest BCUT2D eigenvalue weighted by molar-refractivity contribution is 6.05. The molecule has 0 saturated carbocycles. The van der Waals surface area contributed by atoms with E-state index in [0.717, 1.165) is 32.5 Å². The van der Waals surface area contributed by atoms with Crippen molar-refractivity contribution in [3.63, 3.8) is 0 Å². The lowest BCUT2D eigenvalue weighted by atomic mass is 9.83. The van der Waals surface area contributed by atoms with Crippen LogP contribution in [0.3, 0.4) is 0 Å². The number of hydrogen-bond donors (Lipinski definition) is 2. The summed E-state index contributed by atoms with van der Waals surface area (Å²) in [4.78, 5) is 25.5. The first kappa shape index (κ1) is 20.0. The average Bonchev–Trinajstić information content (AvgIpc) is 3.11. The Labute approximate surface area is 160 Å². The van der Waals surface area contributed by atoms with Crippen molar-refractivity contribution < 1.29 is 28.2 Å². The molecule has 3 aliphatic rings. The second-order valence-electron chi connectivity index (χ2n) is 6.88. The summed E-state index contributed by atoms with van der Waals surface area (Å²) in [5.74, 6) is 0.338. The van der Waals surface area contributed by atoms with Crippen LogP contribution in [0.25, 0.3) is 10.9 Å². The van der Waals surface area contributed by atoms with Crippen molar-refractivity contribution in [2.24, 2.45) is 5.92 Å². The van der Waals surface area contributed by atoms with E-state index < -0.39 is 6.61 Å². The SMILES string of the molecule is CN(C(=O)c1n[nH]c2ccc(OC(F)F)cc12)[C@H]1CN2CCC1CC2.O=CO. The maximum absolute atomic E-state index is 13.0. The molecule has 0 radical (unpaired) electrons. The topological polar surface area (TPSA) is 98.8 Å². The molecular formula is C18H22F2N4O4. The van der Waals surface area contributed by atoms with Gasteiger partial charge in [0.05, 0.1) is 5.52 Å². The predicted molar refractivity (Wildman–Crippen MR) is 96.5 cm³/mol. The molecule has 0 spiro atoms. The van der Waals surface area contributed by atoms with Crippen LogP contribution in [0.15, 0.2) is 18.2 Å². The zero-order chi connectivity index (χ0) is 20.3. The molecule has 2 N–H and O–H groups in total. The fourth-order valence-corrected chi connectivity index (χ4v) is 4.02. The number of amides is 1. The van der Waals surface area contributed by atoms with Gasteiger partial charge in [-0.25, -0.2) is 0 Å². The molecule has 0 unspecified atom stereocenters. The number of carboxylic acid groups (broad SMARTS) is 1. The van der Waals surface area contributed by atoms with Crippen LogP contribution in [0.1, 0.15) is 23.3 Å². The highest BCUT2D eigenvalue weighted by atomic mass is 19.3. The molecule has 0 aliphatic carbocycles. The highest BCUT2D eigenvalue weighted by Gasteiger charge is 2.38. The van der Waals surface area contributed by atoms with E-state index in [1.807, 2.05) is 0 Å². The van der Waals surface area contributed by atoms with Crippen LogP contribution in [0.5, 0.6) is 5.75 Å². The molecule has 152 valence electrons. The molecule has 3 saturated heterocycles. The molecule has 8 nitrogen and oxygen atoms in total. The molecule has 1 amide bonds. The summed E-state index contributed by atoms with van der Waals surface area (Å²) in [5, 5.41) is 14.3. The quantitative estimate of drug-likeness (QED) is 0.768. The van der Waals surface area contributed by atoms with Gasteiger partial charge in [0.1, 0.15) is 5.75 Å². The molecule has 28 heavy (non-hydrogen) atoms. The van der Waals surface area contributed by atoms with Crippen molar-refractivity contribution >= 4 is 23.3 Å². The Balaban J connectivity index is 0.000000706. The van der Waals surface area contributed by atoms with E-state index >= 15 is 0 Å². The minimum absolute atomic E-state index is 0.0171. The third-order valence-corrected chi connectivity index (χ3v) is 5.40. The number of nitrogens with zero attached hydrogens (tertiary/aromatic N) is 3. The van der Waals surface area contributed by atoms with Crippen LogP contribution in [0.2, 0.25) is 0 Å².